The van der Waals surface area contributed by atoms with Crippen LogP contribution in [0.4, 0.5) is 0 Å². The van der Waals surface area contributed by atoms with Gasteiger partial charge in [0.05, 0.1) is 38.6 Å². The van der Waals surface area contributed by atoms with Crippen molar-refractivity contribution >= 4 is 5.91 Å². The van der Waals surface area contributed by atoms with Gasteiger partial charge in [-0.05, 0) is 77.0 Å². The smallest absolute Gasteiger partial charge is 0.220 e. The van der Waals surface area contributed by atoms with Crippen molar-refractivity contribution in [3.8, 4) is 0 Å². The molecule has 19 heteroatoms. The molecule has 17 atom stereocenters. The fourth-order valence-electron chi connectivity index (χ4n) is 10.9. The summed E-state index contributed by atoms with van der Waals surface area (Å²) in [7, 11) is 0. The van der Waals surface area contributed by atoms with Gasteiger partial charge in [-0.15, -0.1) is 0 Å². The third-order valence-corrected chi connectivity index (χ3v) is 16.4. The number of unbranched alkanes of at least 4 members (excludes halogenated alkanes) is 20. The van der Waals surface area contributed by atoms with E-state index >= 15 is 0 Å². The Morgan fingerprint density at radius 2 is 0.775 bits per heavy atom. The largest absolute Gasteiger partial charge is 0.394 e. The Morgan fingerprint density at radius 1 is 0.416 bits per heavy atom. The number of aliphatic hydroxyl groups is 11. The molecule has 0 radical (unpaired) electrons. The molecule has 0 saturated carbocycles. The lowest BCUT2D eigenvalue weighted by molar-refractivity contribution is -0.379. The molecular weight excluding hydrogens is 1140 g/mol. The van der Waals surface area contributed by atoms with Crippen LogP contribution in [0.5, 0.6) is 0 Å². The lowest BCUT2D eigenvalue weighted by Gasteiger charge is -2.48. The Labute approximate surface area is 533 Å². The minimum absolute atomic E-state index is 0.224. The molecular formula is C70H119NO18. The maximum Gasteiger partial charge on any atom is 0.220 e. The number of nitrogens with one attached hydrogen (secondary N) is 1. The number of carbonyl (C=O) groups excluding carboxylic acids is 1. The van der Waals surface area contributed by atoms with Crippen molar-refractivity contribution in [3.05, 3.63) is 97.2 Å². The molecule has 17 unspecified atom stereocenters. The second-order valence-corrected chi connectivity index (χ2v) is 23.9. The summed E-state index contributed by atoms with van der Waals surface area (Å²) in [6.45, 7) is 1.59. The summed E-state index contributed by atoms with van der Waals surface area (Å²) in [6, 6.07) is -0.986. The molecule has 3 aliphatic heterocycles. The zero-order chi connectivity index (χ0) is 64.7. The predicted molar refractivity (Wildman–Crippen MR) is 346 cm³/mol. The lowest BCUT2D eigenvalue weighted by atomic mass is 9.96. The zero-order valence-corrected chi connectivity index (χ0v) is 53.9. The van der Waals surface area contributed by atoms with Crippen molar-refractivity contribution < 1.29 is 89.4 Å². The summed E-state index contributed by atoms with van der Waals surface area (Å²) >= 11 is 0. The second-order valence-electron chi connectivity index (χ2n) is 23.9. The van der Waals surface area contributed by atoms with Crippen molar-refractivity contribution in [3.63, 3.8) is 0 Å². The number of hydrogen-bond donors (Lipinski definition) is 12. The Morgan fingerprint density at radius 3 is 1.21 bits per heavy atom. The first kappa shape index (κ1) is 79.9. The first-order valence-electron chi connectivity index (χ1n) is 34.0. The molecule has 3 fully saturated rings. The van der Waals surface area contributed by atoms with E-state index in [-0.39, 0.29) is 18.9 Å². The summed E-state index contributed by atoms with van der Waals surface area (Å²) in [5.74, 6) is -0.291. The van der Waals surface area contributed by atoms with Gasteiger partial charge in [0.1, 0.15) is 73.2 Å². The van der Waals surface area contributed by atoms with Crippen LogP contribution in [-0.4, -0.2) is 193 Å². The van der Waals surface area contributed by atoms with E-state index in [4.69, 9.17) is 28.4 Å². The number of hydrogen-bond acceptors (Lipinski definition) is 18. The molecule has 0 bridgehead atoms. The lowest BCUT2D eigenvalue weighted by Crippen LogP contribution is -2.66. The maximum absolute atomic E-state index is 13.4. The van der Waals surface area contributed by atoms with Crippen LogP contribution in [0.15, 0.2) is 97.2 Å². The van der Waals surface area contributed by atoms with Crippen LogP contribution in [0.2, 0.25) is 0 Å². The molecule has 3 aliphatic rings. The van der Waals surface area contributed by atoms with E-state index in [1.54, 1.807) is 6.08 Å². The van der Waals surface area contributed by atoms with E-state index in [1.807, 2.05) is 6.08 Å². The monoisotopic (exact) mass is 1260 g/mol. The average Bonchev–Trinajstić information content (AvgIpc) is 2.42. The van der Waals surface area contributed by atoms with E-state index in [0.717, 1.165) is 116 Å². The van der Waals surface area contributed by atoms with Gasteiger partial charge in [-0.1, -0.05) is 220 Å². The van der Waals surface area contributed by atoms with E-state index in [2.05, 4.69) is 104 Å². The molecule has 0 aliphatic carbocycles. The number of amides is 1. The molecule has 0 aromatic rings. The van der Waals surface area contributed by atoms with Crippen LogP contribution in [-0.2, 0) is 33.2 Å². The highest BCUT2D eigenvalue weighted by molar-refractivity contribution is 5.76. The van der Waals surface area contributed by atoms with Crippen molar-refractivity contribution in [1.82, 2.24) is 5.32 Å². The molecule has 512 valence electrons. The van der Waals surface area contributed by atoms with Gasteiger partial charge < -0.3 is 89.9 Å². The molecule has 0 spiro atoms. The molecule has 0 aromatic carbocycles. The number of carbonyl (C=O) groups is 1. The van der Waals surface area contributed by atoms with Gasteiger partial charge in [-0.3, -0.25) is 4.79 Å². The average molecular weight is 1260 g/mol. The quantitative estimate of drug-likeness (QED) is 0.0201. The third-order valence-electron chi connectivity index (χ3n) is 16.4. The summed E-state index contributed by atoms with van der Waals surface area (Å²) in [4.78, 5) is 13.4. The van der Waals surface area contributed by atoms with Crippen molar-refractivity contribution in [2.75, 3.05) is 26.4 Å². The SMILES string of the molecule is CC/C=C\C/C=C\C/C=C\C/C=C\C/C=C\C/C=C\C/C=C\CCCCCCCCCC(=O)NC(COC1OC(CO)C(OC2OC(CO)C(OC3OC(CO)C(O)C(O)C3O)C(O)C2O)C(O)C1O)C(O)/C=C/CCCCCCCCCCCCCCC. The van der Waals surface area contributed by atoms with E-state index in [0.29, 0.717) is 6.42 Å². The molecule has 3 rings (SSSR count). The van der Waals surface area contributed by atoms with Crippen LogP contribution in [0, 0.1) is 0 Å². The third kappa shape index (κ3) is 33.4. The summed E-state index contributed by atoms with van der Waals surface area (Å²) in [5.41, 5.74) is 0. The van der Waals surface area contributed by atoms with Crippen molar-refractivity contribution in [2.45, 2.75) is 311 Å². The molecule has 89 heavy (non-hydrogen) atoms. The minimum atomic E-state index is -1.98. The zero-order valence-electron chi connectivity index (χ0n) is 53.9. The summed E-state index contributed by atoms with van der Waals surface area (Å²) in [5, 5.41) is 120. The standard InChI is InChI=1S/C70H119NO18/c1-3-5-7-9-11-13-15-17-19-20-21-22-23-24-25-26-27-28-29-30-31-32-34-36-38-40-42-44-46-48-58(76)71-53(54(75)47-45-43-41-39-37-35-33-18-16-14-12-10-8-6-4-2)52-84-68-64(82)61(79)66(56(50-73)86-68)89-70-65(83)62(80)67(57(51-74)87-70)88-69-63(81)60(78)59(77)55(49-72)85-69/h5,7,11,13,17,19,21-22,24-25,27-28,30-31,45,47,53-57,59-70,72-75,77-83H,3-4,6,8-10,12,14-16,18,20,23,26,29,32-44,46,48-52H2,1-2H3,(H,71,76)/b7-5-,13-11-,19-17-,22-21-,25-24-,28-27-,31-30-,47-45+. The molecule has 3 saturated heterocycles. The number of rotatable bonds is 50. The fourth-order valence-corrected chi connectivity index (χ4v) is 10.9. The van der Waals surface area contributed by atoms with Gasteiger partial charge in [-0.2, -0.15) is 0 Å². The van der Waals surface area contributed by atoms with Gasteiger partial charge in [0.15, 0.2) is 18.9 Å². The van der Waals surface area contributed by atoms with E-state index < -0.39 is 124 Å². The van der Waals surface area contributed by atoms with Gasteiger partial charge in [0, 0.05) is 6.42 Å². The topological polar surface area (TPSA) is 307 Å². The van der Waals surface area contributed by atoms with Gasteiger partial charge >= 0.3 is 0 Å². The molecule has 19 nitrogen and oxygen atoms in total. The van der Waals surface area contributed by atoms with Gasteiger partial charge in [-0.25, -0.2) is 0 Å². The van der Waals surface area contributed by atoms with Crippen LogP contribution in [0.1, 0.15) is 206 Å². The molecule has 0 aromatic heterocycles. The van der Waals surface area contributed by atoms with Crippen molar-refractivity contribution in [1.29, 1.82) is 0 Å². The van der Waals surface area contributed by atoms with E-state index in [9.17, 15) is 61.0 Å². The summed E-state index contributed by atoms with van der Waals surface area (Å²) in [6.07, 6.45) is 39.4. The predicted octanol–water partition coefficient (Wildman–Crippen LogP) is 8.49. The van der Waals surface area contributed by atoms with Gasteiger partial charge in [0.25, 0.3) is 0 Å². The molecule has 1 amide bonds. The first-order valence-corrected chi connectivity index (χ1v) is 34.0. The Balaban J connectivity index is 1.43. The Kier molecular flexibility index (Phi) is 46.0. The highest BCUT2D eigenvalue weighted by atomic mass is 16.8. The maximum atomic E-state index is 13.4. The van der Waals surface area contributed by atoms with Crippen LogP contribution in [0.25, 0.3) is 0 Å². The van der Waals surface area contributed by atoms with Crippen molar-refractivity contribution in [2.24, 2.45) is 0 Å². The molecule has 12 N–H and O–H groups in total. The Hall–Kier alpha value is -3.29. The second kappa shape index (κ2) is 51.2. The molecule has 3 heterocycles. The normalized spacial score (nSPS) is 28.8. The van der Waals surface area contributed by atoms with Gasteiger partial charge in [0.2, 0.25) is 5.91 Å². The highest BCUT2D eigenvalue weighted by Gasteiger charge is 2.53. The first-order chi connectivity index (χ1) is 43.3. The number of aliphatic hydroxyl groups excluding tert-OH is 11. The minimum Gasteiger partial charge on any atom is -0.394 e. The van der Waals surface area contributed by atoms with E-state index in [1.165, 1.54) is 64.2 Å². The fraction of sp³-hybridized carbons (Fsp3) is 0.757. The highest BCUT2D eigenvalue weighted by Crippen LogP contribution is 2.33. The van der Waals surface area contributed by atoms with Crippen LogP contribution in [0.3, 0.4) is 0 Å². The Bertz CT molecular complexity index is 1990. The summed E-state index contributed by atoms with van der Waals surface area (Å²) < 4.78 is 34.3. The number of allylic oxidation sites excluding steroid dienone is 15. The van der Waals surface area contributed by atoms with Crippen LogP contribution < -0.4 is 5.32 Å². The number of ether oxygens (including phenoxy) is 6. The van der Waals surface area contributed by atoms with Crippen LogP contribution >= 0.6 is 0 Å².